The van der Waals surface area contributed by atoms with Crippen molar-refractivity contribution in [1.82, 2.24) is 16.0 Å². The molecule has 4 atom stereocenters. The zero-order chi connectivity index (χ0) is 24.1. The van der Waals surface area contributed by atoms with Gasteiger partial charge < -0.3 is 37.6 Å². The predicted octanol–water partition coefficient (Wildman–Crippen LogP) is -2.34. The Kier molecular flexibility index (Phi) is 12.5. The second kappa shape index (κ2) is 13.9. The summed E-state index contributed by atoms with van der Waals surface area (Å²) in [6.45, 7) is 2.93. The summed E-state index contributed by atoms with van der Waals surface area (Å²) in [5, 5.41) is 24.8. The number of rotatable bonds is 15. The first kappa shape index (κ1) is 27.8. The van der Waals surface area contributed by atoms with E-state index in [1.54, 1.807) is 13.8 Å². The predicted molar refractivity (Wildman–Crippen MR) is 107 cm³/mol. The number of carboxylic acids is 2. The second-order valence-electron chi connectivity index (χ2n) is 7.09. The Labute approximate surface area is 179 Å². The minimum atomic E-state index is -1.37. The summed E-state index contributed by atoms with van der Waals surface area (Å²) >= 11 is 0. The van der Waals surface area contributed by atoms with Crippen LogP contribution in [0.25, 0.3) is 0 Å². The Balaban J connectivity index is 4.92. The van der Waals surface area contributed by atoms with E-state index in [-0.39, 0.29) is 31.6 Å². The summed E-state index contributed by atoms with van der Waals surface area (Å²) in [4.78, 5) is 69.3. The second-order valence-corrected chi connectivity index (χ2v) is 7.09. The van der Waals surface area contributed by atoms with E-state index < -0.39 is 60.2 Å². The maximum absolute atomic E-state index is 12.6. The van der Waals surface area contributed by atoms with Gasteiger partial charge in [-0.25, -0.2) is 4.79 Å². The van der Waals surface area contributed by atoms with Gasteiger partial charge in [0.25, 0.3) is 0 Å². The lowest BCUT2D eigenvalue weighted by atomic mass is 9.97. The number of aliphatic carboxylic acids is 2. The summed E-state index contributed by atoms with van der Waals surface area (Å²) in [5.41, 5.74) is 10.5. The highest BCUT2D eigenvalue weighted by molar-refractivity contribution is 5.92. The van der Waals surface area contributed by atoms with Gasteiger partial charge in [-0.2, -0.15) is 0 Å². The molecule has 0 saturated carbocycles. The van der Waals surface area contributed by atoms with Crippen LogP contribution < -0.4 is 27.4 Å². The zero-order valence-corrected chi connectivity index (χ0v) is 17.6. The molecule has 0 radical (unpaired) electrons. The molecule has 176 valence electrons. The molecule has 0 rings (SSSR count). The first-order chi connectivity index (χ1) is 14.4. The molecule has 0 fully saturated rings. The summed E-state index contributed by atoms with van der Waals surface area (Å²) < 4.78 is 0. The van der Waals surface area contributed by atoms with Gasteiger partial charge in [-0.15, -0.1) is 0 Å². The Morgan fingerprint density at radius 2 is 1.55 bits per heavy atom. The highest BCUT2D eigenvalue weighted by Gasteiger charge is 2.30. The van der Waals surface area contributed by atoms with Crippen molar-refractivity contribution in [2.45, 2.75) is 64.1 Å². The third-order valence-electron chi connectivity index (χ3n) is 4.54. The molecule has 0 spiro atoms. The lowest BCUT2D eigenvalue weighted by Gasteiger charge is -2.25. The zero-order valence-electron chi connectivity index (χ0n) is 17.6. The molecule has 0 aliphatic carbocycles. The van der Waals surface area contributed by atoms with E-state index >= 15 is 0 Å². The molecule has 13 heteroatoms. The van der Waals surface area contributed by atoms with E-state index in [0.29, 0.717) is 6.42 Å². The van der Waals surface area contributed by atoms with Crippen LogP contribution in [-0.4, -0.2) is 70.5 Å². The van der Waals surface area contributed by atoms with Crippen LogP contribution in [0.4, 0.5) is 0 Å². The van der Waals surface area contributed by atoms with Crippen molar-refractivity contribution in [2.24, 2.45) is 17.4 Å². The number of amides is 4. The minimum Gasteiger partial charge on any atom is -0.481 e. The van der Waals surface area contributed by atoms with Crippen LogP contribution in [0.1, 0.15) is 46.0 Å². The van der Waals surface area contributed by atoms with Crippen molar-refractivity contribution in [1.29, 1.82) is 0 Å². The molecule has 0 heterocycles. The first-order valence-electron chi connectivity index (χ1n) is 9.74. The standard InChI is InChI=1S/C18H31N5O8/c1-3-9(2)15(17(29)22-11(18(30)31)5-6-12(20)24)23-13(25)8-21-16(28)10(19)4-7-14(26)27/h9-11,15H,3-8,19H2,1-2H3,(H2,20,24)(H,21,28)(H,22,29)(H,23,25)(H,26,27)(H,30,31). The Morgan fingerprint density at radius 3 is 2.03 bits per heavy atom. The summed E-state index contributed by atoms with van der Waals surface area (Å²) in [5.74, 6) is -5.76. The molecule has 13 nitrogen and oxygen atoms in total. The quantitative estimate of drug-likeness (QED) is 0.143. The van der Waals surface area contributed by atoms with Crippen LogP contribution in [0.2, 0.25) is 0 Å². The van der Waals surface area contributed by atoms with Crippen molar-refractivity contribution in [3.63, 3.8) is 0 Å². The van der Waals surface area contributed by atoms with Crippen molar-refractivity contribution in [3.05, 3.63) is 0 Å². The lowest BCUT2D eigenvalue weighted by molar-refractivity contribution is -0.143. The number of hydrogen-bond donors (Lipinski definition) is 7. The van der Waals surface area contributed by atoms with E-state index in [1.165, 1.54) is 0 Å². The van der Waals surface area contributed by atoms with Crippen molar-refractivity contribution in [2.75, 3.05) is 6.54 Å². The fraction of sp³-hybridized carbons (Fsp3) is 0.667. The number of carbonyl (C=O) groups is 6. The molecule has 0 aliphatic rings. The summed E-state index contributed by atoms with van der Waals surface area (Å²) in [7, 11) is 0. The van der Waals surface area contributed by atoms with Crippen LogP contribution in [0, 0.1) is 5.92 Å². The van der Waals surface area contributed by atoms with Crippen LogP contribution >= 0.6 is 0 Å². The van der Waals surface area contributed by atoms with Gasteiger partial charge in [0.1, 0.15) is 12.1 Å². The largest absolute Gasteiger partial charge is 0.481 e. The first-order valence-corrected chi connectivity index (χ1v) is 9.74. The molecule has 31 heavy (non-hydrogen) atoms. The van der Waals surface area contributed by atoms with Crippen molar-refractivity contribution in [3.8, 4) is 0 Å². The van der Waals surface area contributed by atoms with E-state index in [0.717, 1.165) is 0 Å². The normalized spacial score (nSPS) is 14.4. The molecule has 0 saturated heterocycles. The summed E-state index contributed by atoms with van der Waals surface area (Å²) in [6.07, 6.45) is -0.391. The number of nitrogens with one attached hydrogen (secondary N) is 3. The minimum absolute atomic E-state index is 0.109. The monoisotopic (exact) mass is 445 g/mol. The fourth-order valence-corrected chi connectivity index (χ4v) is 2.44. The third kappa shape index (κ3) is 11.5. The van der Waals surface area contributed by atoms with Gasteiger partial charge in [0, 0.05) is 12.8 Å². The molecule has 4 amide bonds. The number of carbonyl (C=O) groups excluding carboxylic acids is 4. The van der Waals surface area contributed by atoms with Gasteiger partial charge in [0.2, 0.25) is 23.6 Å². The molecular weight excluding hydrogens is 414 g/mol. The maximum Gasteiger partial charge on any atom is 0.326 e. The Hall–Kier alpha value is -3.22. The van der Waals surface area contributed by atoms with Gasteiger partial charge in [-0.1, -0.05) is 20.3 Å². The lowest BCUT2D eigenvalue weighted by Crippen LogP contribution is -2.56. The highest BCUT2D eigenvalue weighted by atomic mass is 16.4. The molecule has 0 aromatic rings. The van der Waals surface area contributed by atoms with Gasteiger partial charge in [-0.3, -0.25) is 24.0 Å². The van der Waals surface area contributed by atoms with E-state index in [2.05, 4.69) is 16.0 Å². The molecule has 0 aromatic carbocycles. The van der Waals surface area contributed by atoms with E-state index in [1.807, 2.05) is 0 Å². The molecule has 0 aromatic heterocycles. The van der Waals surface area contributed by atoms with Crippen molar-refractivity contribution < 1.29 is 39.0 Å². The Bertz CT molecular complexity index is 684. The molecular formula is C18H31N5O8. The van der Waals surface area contributed by atoms with E-state index in [4.69, 9.17) is 16.6 Å². The number of hydrogen-bond acceptors (Lipinski definition) is 7. The SMILES string of the molecule is CCC(C)C(NC(=O)CNC(=O)C(N)CCC(=O)O)C(=O)NC(CCC(N)=O)C(=O)O. The third-order valence-corrected chi connectivity index (χ3v) is 4.54. The topological polar surface area (TPSA) is 231 Å². The maximum atomic E-state index is 12.6. The van der Waals surface area contributed by atoms with Gasteiger partial charge in [-0.05, 0) is 18.8 Å². The number of nitrogens with two attached hydrogens (primary N) is 2. The number of carboxylic acid groups (broad SMARTS) is 2. The molecule has 0 bridgehead atoms. The summed E-state index contributed by atoms with van der Waals surface area (Å²) in [6, 6.07) is -3.57. The average molecular weight is 445 g/mol. The average Bonchev–Trinajstić information content (AvgIpc) is 2.69. The van der Waals surface area contributed by atoms with Crippen molar-refractivity contribution >= 4 is 35.6 Å². The molecule has 0 aliphatic heterocycles. The van der Waals surface area contributed by atoms with Crippen LogP contribution in [0.15, 0.2) is 0 Å². The van der Waals surface area contributed by atoms with Crippen LogP contribution in [0.5, 0.6) is 0 Å². The van der Waals surface area contributed by atoms with Gasteiger partial charge >= 0.3 is 11.9 Å². The van der Waals surface area contributed by atoms with Crippen LogP contribution in [-0.2, 0) is 28.8 Å². The molecule has 9 N–H and O–H groups in total. The van der Waals surface area contributed by atoms with Gasteiger partial charge in [0.05, 0.1) is 12.6 Å². The Morgan fingerprint density at radius 1 is 0.935 bits per heavy atom. The highest BCUT2D eigenvalue weighted by Crippen LogP contribution is 2.09. The number of primary amides is 1. The molecule has 4 unspecified atom stereocenters. The van der Waals surface area contributed by atoms with Crippen LogP contribution in [0.3, 0.4) is 0 Å². The van der Waals surface area contributed by atoms with E-state index in [9.17, 15) is 33.9 Å². The smallest absolute Gasteiger partial charge is 0.326 e. The van der Waals surface area contributed by atoms with Gasteiger partial charge in [0.15, 0.2) is 0 Å². The fourth-order valence-electron chi connectivity index (χ4n) is 2.44.